The third-order valence-corrected chi connectivity index (χ3v) is 4.92. The number of hydrogen-bond acceptors (Lipinski definition) is 3. The van der Waals surface area contributed by atoms with Crippen molar-refractivity contribution in [2.75, 3.05) is 24.2 Å². The molecule has 6 heteroatoms. The van der Waals surface area contributed by atoms with Gasteiger partial charge in [0.05, 0.1) is 18.7 Å². The summed E-state index contributed by atoms with van der Waals surface area (Å²) in [7, 11) is 1.81. The molecule has 0 saturated carbocycles. The number of benzene rings is 3. The van der Waals surface area contributed by atoms with Gasteiger partial charge in [-0.05, 0) is 42.6 Å². The van der Waals surface area contributed by atoms with Gasteiger partial charge in [0, 0.05) is 16.8 Å². The maximum absolute atomic E-state index is 12.5. The number of nitrogens with one attached hydrogen (secondary N) is 3. The SMILES string of the molecule is C[C@@H](C(=O)Nc1ccc(C#N)cc1)[NH+](C)CC(=O)Nc1cccc2ccccc12. The number of nitrogens with zero attached hydrogens (tertiary/aromatic N) is 1. The molecule has 0 saturated heterocycles. The van der Waals surface area contributed by atoms with E-state index >= 15 is 0 Å². The Kier molecular flexibility index (Phi) is 6.22. The van der Waals surface area contributed by atoms with Gasteiger partial charge >= 0.3 is 0 Å². The molecular formula is C23H23N4O2+. The van der Waals surface area contributed by atoms with Crippen LogP contribution in [0.25, 0.3) is 10.8 Å². The smallest absolute Gasteiger partial charge is 0.282 e. The maximum atomic E-state index is 12.5. The minimum Gasteiger partial charge on any atom is -0.321 e. The number of carbonyl (C=O) groups is 2. The van der Waals surface area contributed by atoms with Crippen LogP contribution in [0.5, 0.6) is 0 Å². The topological polar surface area (TPSA) is 86.4 Å². The van der Waals surface area contributed by atoms with E-state index in [9.17, 15) is 9.59 Å². The van der Waals surface area contributed by atoms with Gasteiger partial charge in [-0.15, -0.1) is 0 Å². The van der Waals surface area contributed by atoms with Crippen molar-refractivity contribution in [3.63, 3.8) is 0 Å². The van der Waals surface area contributed by atoms with Crippen LogP contribution in [0.15, 0.2) is 66.7 Å². The van der Waals surface area contributed by atoms with Crippen molar-refractivity contribution >= 4 is 34.0 Å². The molecule has 2 amide bonds. The van der Waals surface area contributed by atoms with Crippen molar-refractivity contribution in [1.29, 1.82) is 5.26 Å². The Labute approximate surface area is 169 Å². The lowest BCUT2D eigenvalue weighted by Crippen LogP contribution is -3.14. The second-order valence-electron chi connectivity index (χ2n) is 7.00. The zero-order valence-corrected chi connectivity index (χ0v) is 16.4. The number of fused-ring (bicyclic) bond motifs is 1. The molecule has 1 unspecified atom stereocenters. The molecule has 0 aliphatic rings. The zero-order chi connectivity index (χ0) is 20.8. The van der Waals surface area contributed by atoms with Crippen LogP contribution >= 0.6 is 0 Å². The molecule has 0 fully saturated rings. The first-order chi connectivity index (χ1) is 14.0. The molecule has 0 radical (unpaired) electrons. The van der Waals surface area contributed by atoms with Gasteiger partial charge in [-0.1, -0.05) is 36.4 Å². The molecule has 0 aliphatic carbocycles. The van der Waals surface area contributed by atoms with Gasteiger partial charge in [0.25, 0.3) is 11.8 Å². The van der Waals surface area contributed by atoms with Crippen molar-refractivity contribution < 1.29 is 14.5 Å². The maximum Gasteiger partial charge on any atom is 0.282 e. The average Bonchev–Trinajstić information content (AvgIpc) is 2.73. The monoisotopic (exact) mass is 387 g/mol. The predicted molar refractivity (Wildman–Crippen MR) is 114 cm³/mol. The van der Waals surface area contributed by atoms with Crippen molar-refractivity contribution in [2.24, 2.45) is 0 Å². The van der Waals surface area contributed by atoms with Crippen molar-refractivity contribution in [3.05, 3.63) is 72.3 Å². The number of quaternary nitrogens is 1. The second kappa shape index (κ2) is 9.00. The summed E-state index contributed by atoms with van der Waals surface area (Å²) in [5, 5.41) is 16.6. The fraction of sp³-hybridized carbons (Fsp3) is 0.174. The Bertz CT molecular complexity index is 1060. The van der Waals surface area contributed by atoms with E-state index in [4.69, 9.17) is 5.26 Å². The summed E-state index contributed by atoms with van der Waals surface area (Å²) in [5.41, 5.74) is 1.91. The van der Waals surface area contributed by atoms with Crippen molar-refractivity contribution in [2.45, 2.75) is 13.0 Å². The molecule has 0 spiro atoms. The lowest BCUT2D eigenvalue weighted by molar-refractivity contribution is -0.885. The van der Waals surface area contributed by atoms with Crippen LogP contribution in [-0.2, 0) is 9.59 Å². The van der Waals surface area contributed by atoms with E-state index in [0.29, 0.717) is 11.3 Å². The molecule has 6 nitrogen and oxygen atoms in total. The highest BCUT2D eigenvalue weighted by atomic mass is 16.2. The normalized spacial score (nSPS) is 12.6. The lowest BCUT2D eigenvalue weighted by Gasteiger charge is -2.21. The first-order valence-electron chi connectivity index (χ1n) is 9.39. The largest absolute Gasteiger partial charge is 0.321 e. The summed E-state index contributed by atoms with van der Waals surface area (Å²) in [6, 6.07) is 21.9. The molecule has 3 aromatic carbocycles. The molecular weight excluding hydrogens is 364 g/mol. The highest BCUT2D eigenvalue weighted by Gasteiger charge is 2.24. The number of rotatable bonds is 6. The molecule has 0 aliphatic heterocycles. The van der Waals surface area contributed by atoms with E-state index in [1.807, 2.05) is 55.6 Å². The van der Waals surface area contributed by atoms with Crippen molar-refractivity contribution in [3.8, 4) is 6.07 Å². The minimum atomic E-state index is -0.427. The van der Waals surface area contributed by atoms with Gasteiger partial charge < -0.3 is 15.5 Å². The third kappa shape index (κ3) is 4.98. The molecule has 0 bridgehead atoms. The number of likely N-dealkylation sites (N-methyl/N-ethyl adjacent to an activating group) is 1. The Morgan fingerprint density at radius 2 is 1.69 bits per heavy atom. The van der Waals surface area contributed by atoms with Crippen LogP contribution in [0, 0.1) is 11.3 Å². The van der Waals surface area contributed by atoms with Crippen molar-refractivity contribution in [1.82, 2.24) is 0 Å². The molecule has 0 aromatic heterocycles. The summed E-state index contributed by atoms with van der Waals surface area (Å²) in [6.07, 6.45) is 0. The fourth-order valence-electron chi connectivity index (χ4n) is 3.04. The summed E-state index contributed by atoms with van der Waals surface area (Å²) >= 11 is 0. The zero-order valence-electron chi connectivity index (χ0n) is 16.4. The molecule has 3 rings (SSSR count). The van der Waals surface area contributed by atoms with Gasteiger partial charge in [0.2, 0.25) is 0 Å². The van der Waals surface area contributed by atoms with E-state index in [1.54, 1.807) is 31.2 Å². The molecule has 146 valence electrons. The first kappa shape index (κ1) is 20.1. The number of amides is 2. The van der Waals surface area contributed by atoms with E-state index in [-0.39, 0.29) is 18.4 Å². The van der Waals surface area contributed by atoms with Crippen LogP contribution in [0.1, 0.15) is 12.5 Å². The third-order valence-electron chi connectivity index (χ3n) is 4.92. The summed E-state index contributed by atoms with van der Waals surface area (Å²) in [5.74, 6) is -0.345. The fourth-order valence-corrected chi connectivity index (χ4v) is 3.04. The van der Waals surface area contributed by atoms with Crippen LogP contribution in [0.4, 0.5) is 11.4 Å². The Balaban J connectivity index is 1.59. The van der Waals surface area contributed by atoms with Gasteiger partial charge in [-0.25, -0.2) is 0 Å². The number of nitriles is 1. The van der Waals surface area contributed by atoms with Crippen LogP contribution in [0.2, 0.25) is 0 Å². The summed E-state index contributed by atoms with van der Waals surface area (Å²) in [6.45, 7) is 1.94. The van der Waals surface area contributed by atoms with E-state index in [1.165, 1.54) is 0 Å². The molecule has 2 atom stereocenters. The lowest BCUT2D eigenvalue weighted by atomic mass is 10.1. The van der Waals surface area contributed by atoms with E-state index in [2.05, 4.69) is 10.6 Å². The summed E-state index contributed by atoms with van der Waals surface area (Å²) in [4.78, 5) is 25.8. The quantitative estimate of drug-likeness (QED) is 0.606. The van der Waals surface area contributed by atoms with Crippen LogP contribution in [-0.4, -0.2) is 31.4 Å². The molecule has 0 heterocycles. The van der Waals surface area contributed by atoms with Gasteiger partial charge in [0.15, 0.2) is 12.6 Å². The predicted octanol–water partition coefficient (Wildman–Crippen LogP) is 2.19. The summed E-state index contributed by atoms with van der Waals surface area (Å²) < 4.78 is 0. The number of anilines is 2. The molecule has 3 aromatic rings. The van der Waals surface area contributed by atoms with E-state index < -0.39 is 6.04 Å². The average molecular weight is 387 g/mol. The van der Waals surface area contributed by atoms with Gasteiger partial charge in [-0.2, -0.15) is 5.26 Å². The Hall–Kier alpha value is -3.69. The highest BCUT2D eigenvalue weighted by Crippen LogP contribution is 2.22. The first-order valence-corrected chi connectivity index (χ1v) is 9.39. The van der Waals surface area contributed by atoms with Crippen LogP contribution < -0.4 is 15.5 Å². The highest BCUT2D eigenvalue weighted by molar-refractivity contribution is 6.02. The van der Waals surface area contributed by atoms with Crippen LogP contribution in [0.3, 0.4) is 0 Å². The van der Waals surface area contributed by atoms with Gasteiger partial charge in [-0.3, -0.25) is 9.59 Å². The van der Waals surface area contributed by atoms with E-state index in [0.717, 1.165) is 21.4 Å². The number of hydrogen-bond donors (Lipinski definition) is 3. The Morgan fingerprint density at radius 3 is 2.41 bits per heavy atom. The van der Waals surface area contributed by atoms with Gasteiger partial charge in [0.1, 0.15) is 0 Å². The molecule has 3 N–H and O–H groups in total. The number of carbonyl (C=O) groups excluding carboxylic acids is 2. The standard InChI is InChI=1S/C23H22N4O2/c1-16(23(29)25-19-12-10-17(14-24)11-13-19)27(2)15-22(28)26-21-9-5-7-18-6-3-4-8-20(18)21/h3-13,16H,15H2,1-2H3,(H,25,29)(H,26,28)/p+1/t16-/m0/s1. The Morgan fingerprint density at radius 1 is 1.00 bits per heavy atom. The minimum absolute atomic E-state index is 0.156. The molecule has 29 heavy (non-hydrogen) atoms. The second-order valence-corrected chi connectivity index (χ2v) is 7.00.